The van der Waals surface area contributed by atoms with Gasteiger partial charge in [0.2, 0.25) is 0 Å². The Bertz CT molecular complexity index is 457. The Balaban J connectivity index is 2.01. The molecule has 0 aliphatic carbocycles. The highest BCUT2D eigenvalue weighted by Crippen LogP contribution is 2.22. The Hall–Kier alpha value is -0.770. The molecule has 104 valence electrons. The first-order chi connectivity index (χ1) is 9.11. The van der Waals surface area contributed by atoms with Crippen LogP contribution in [-0.4, -0.2) is 48.4 Å². The fraction of sp³-hybridized carbons (Fsp3) is 0.500. The van der Waals surface area contributed by atoms with Gasteiger partial charge in [0.15, 0.2) is 0 Å². The van der Waals surface area contributed by atoms with Crippen LogP contribution in [0.2, 0.25) is 10.0 Å². The second kappa shape index (κ2) is 6.60. The van der Waals surface area contributed by atoms with Crippen LogP contribution in [0.25, 0.3) is 0 Å². The molecule has 1 aromatic carbocycles. The third kappa shape index (κ3) is 3.62. The molecular formula is C14H18Cl2N2O. The van der Waals surface area contributed by atoms with Gasteiger partial charge in [-0.2, -0.15) is 0 Å². The molecule has 1 saturated heterocycles. The molecule has 5 heteroatoms. The van der Waals surface area contributed by atoms with E-state index < -0.39 is 0 Å². The predicted molar refractivity (Wildman–Crippen MR) is 79.1 cm³/mol. The molecule has 2 rings (SSSR count). The van der Waals surface area contributed by atoms with Crippen LogP contribution in [0.1, 0.15) is 23.7 Å². The van der Waals surface area contributed by atoms with E-state index in [0.29, 0.717) is 15.6 Å². The molecule has 1 aliphatic heterocycles. The van der Waals surface area contributed by atoms with Gasteiger partial charge in [0.05, 0.1) is 10.6 Å². The number of benzene rings is 1. The summed E-state index contributed by atoms with van der Waals surface area (Å²) in [5, 5.41) is 0.975. The van der Waals surface area contributed by atoms with Crippen LogP contribution in [0.15, 0.2) is 18.2 Å². The van der Waals surface area contributed by atoms with Crippen LogP contribution < -0.4 is 0 Å². The third-order valence-corrected chi connectivity index (χ3v) is 3.91. The molecule has 0 N–H and O–H groups in total. The van der Waals surface area contributed by atoms with Gasteiger partial charge in [-0.1, -0.05) is 30.1 Å². The van der Waals surface area contributed by atoms with Gasteiger partial charge in [-0.25, -0.2) is 0 Å². The van der Waals surface area contributed by atoms with Gasteiger partial charge in [0.25, 0.3) is 5.91 Å². The van der Waals surface area contributed by atoms with Crippen molar-refractivity contribution in [1.29, 1.82) is 0 Å². The van der Waals surface area contributed by atoms with E-state index in [4.69, 9.17) is 23.2 Å². The van der Waals surface area contributed by atoms with Crippen molar-refractivity contribution in [2.75, 3.05) is 32.7 Å². The second-order valence-corrected chi connectivity index (χ2v) is 5.60. The van der Waals surface area contributed by atoms with Gasteiger partial charge in [0.1, 0.15) is 0 Å². The Labute approximate surface area is 124 Å². The summed E-state index contributed by atoms with van der Waals surface area (Å²) in [6.45, 7) is 6.67. The summed E-state index contributed by atoms with van der Waals surface area (Å²) in [6, 6.07) is 5.02. The second-order valence-electron chi connectivity index (χ2n) is 4.76. The first kappa shape index (κ1) is 14.6. The number of rotatable bonds is 3. The predicted octanol–water partition coefficient (Wildman–Crippen LogP) is 3.16. The van der Waals surface area contributed by atoms with Gasteiger partial charge in [0, 0.05) is 31.2 Å². The maximum Gasteiger partial charge on any atom is 0.255 e. The van der Waals surface area contributed by atoms with Gasteiger partial charge in [-0.15, -0.1) is 0 Å². The molecule has 0 bridgehead atoms. The van der Waals surface area contributed by atoms with E-state index in [-0.39, 0.29) is 5.91 Å². The van der Waals surface area contributed by atoms with Crippen molar-refractivity contribution in [3.05, 3.63) is 33.8 Å². The highest BCUT2D eigenvalue weighted by atomic mass is 35.5. The highest BCUT2D eigenvalue weighted by Gasteiger charge is 2.23. The van der Waals surface area contributed by atoms with Crippen LogP contribution in [0, 0.1) is 0 Å². The molecule has 19 heavy (non-hydrogen) atoms. The zero-order valence-corrected chi connectivity index (χ0v) is 12.5. The molecule has 1 fully saturated rings. The first-order valence-corrected chi connectivity index (χ1v) is 7.34. The fourth-order valence-electron chi connectivity index (χ4n) is 2.32. The summed E-state index contributed by atoms with van der Waals surface area (Å²) >= 11 is 11.9. The van der Waals surface area contributed by atoms with E-state index in [9.17, 15) is 4.79 Å². The maximum absolute atomic E-state index is 12.4. The van der Waals surface area contributed by atoms with Gasteiger partial charge < -0.3 is 4.90 Å². The SMILES string of the molecule is CCCN1CCN(C(=O)c2ccc(Cl)cc2Cl)CC1. The van der Waals surface area contributed by atoms with Crippen LogP contribution in [0.5, 0.6) is 0 Å². The van der Waals surface area contributed by atoms with Gasteiger partial charge >= 0.3 is 0 Å². The van der Waals surface area contributed by atoms with Crippen LogP contribution in [0.4, 0.5) is 0 Å². The maximum atomic E-state index is 12.4. The third-order valence-electron chi connectivity index (χ3n) is 3.36. The lowest BCUT2D eigenvalue weighted by Crippen LogP contribution is -2.48. The molecule has 1 heterocycles. The van der Waals surface area contributed by atoms with E-state index in [2.05, 4.69) is 11.8 Å². The summed E-state index contributed by atoms with van der Waals surface area (Å²) in [5.41, 5.74) is 0.537. The van der Waals surface area contributed by atoms with Crippen molar-refractivity contribution in [3.63, 3.8) is 0 Å². The van der Waals surface area contributed by atoms with Crippen LogP contribution in [-0.2, 0) is 0 Å². The highest BCUT2D eigenvalue weighted by molar-refractivity contribution is 6.36. The van der Waals surface area contributed by atoms with E-state index >= 15 is 0 Å². The van der Waals surface area contributed by atoms with Crippen molar-refractivity contribution in [3.8, 4) is 0 Å². The minimum absolute atomic E-state index is 0.00202. The summed E-state index contributed by atoms with van der Waals surface area (Å²) in [5.74, 6) is -0.00202. The number of hydrogen-bond donors (Lipinski definition) is 0. The summed E-state index contributed by atoms with van der Waals surface area (Å²) < 4.78 is 0. The lowest BCUT2D eigenvalue weighted by atomic mass is 10.1. The normalized spacial score (nSPS) is 16.7. The van der Waals surface area contributed by atoms with Crippen molar-refractivity contribution < 1.29 is 4.79 Å². The van der Waals surface area contributed by atoms with Crippen LogP contribution >= 0.6 is 23.2 Å². The molecule has 0 spiro atoms. The van der Waals surface area contributed by atoms with Crippen molar-refractivity contribution in [1.82, 2.24) is 9.80 Å². The Morgan fingerprint density at radius 1 is 1.21 bits per heavy atom. The topological polar surface area (TPSA) is 23.6 Å². The number of carbonyl (C=O) groups excluding carboxylic acids is 1. The monoisotopic (exact) mass is 300 g/mol. The molecule has 0 radical (unpaired) electrons. The molecule has 3 nitrogen and oxygen atoms in total. The van der Waals surface area contributed by atoms with Gasteiger partial charge in [-0.3, -0.25) is 9.69 Å². The molecule has 1 aromatic rings. The number of nitrogens with zero attached hydrogens (tertiary/aromatic N) is 2. The van der Waals surface area contributed by atoms with Crippen LogP contribution in [0.3, 0.4) is 0 Å². The minimum atomic E-state index is -0.00202. The molecule has 1 aliphatic rings. The average molecular weight is 301 g/mol. The van der Waals surface area contributed by atoms with E-state index in [0.717, 1.165) is 39.1 Å². The number of amides is 1. The lowest BCUT2D eigenvalue weighted by Gasteiger charge is -2.34. The van der Waals surface area contributed by atoms with E-state index in [1.165, 1.54) is 0 Å². The number of piperazine rings is 1. The summed E-state index contributed by atoms with van der Waals surface area (Å²) in [6.07, 6.45) is 1.15. The molecule has 0 aromatic heterocycles. The smallest absolute Gasteiger partial charge is 0.255 e. The Morgan fingerprint density at radius 3 is 2.47 bits per heavy atom. The number of carbonyl (C=O) groups is 1. The molecule has 0 atom stereocenters. The quantitative estimate of drug-likeness (QED) is 0.856. The first-order valence-electron chi connectivity index (χ1n) is 6.58. The van der Waals surface area contributed by atoms with Crippen molar-refractivity contribution in [2.45, 2.75) is 13.3 Å². The zero-order chi connectivity index (χ0) is 13.8. The Morgan fingerprint density at radius 2 is 1.89 bits per heavy atom. The number of hydrogen-bond acceptors (Lipinski definition) is 2. The minimum Gasteiger partial charge on any atom is -0.336 e. The summed E-state index contributed by atoms with van der Waals surface area (Å²) in [7, 11) is 0. The Kier molecular flexibility index (Phi) is 5.08. The lowest BCUT2D eigenvalue weighted by molar-refractivity contribution is 0.0637. The molecule has 1 amide bonds. The average Bonchev–Trinajstić information content (AvgIpc) is 2.39. The summed E-state index contributed by atoms with van der Waals surface area (Å²) in [4.78, 5) is 16.6. The molecule has 0 unspecified atom stereocenters. The fourth-order valence-corrected chi connectivity index (χ4v) is 2.81. The van der Waals surface area contributed by atoms with E-state index in [1.807, 2.05) is 4.90 Å². The molecular weight excluding hydrogens is 283 g/mol. The van der Waals surface area contributed by atoms with Gasteiger partial charge in [-0.05, 0) is 31.2 Å². The largest absolute Gasteiger partial charge is 0.336 e. The molecule has 0 saturated carbocycles. The standard InChI is InChI=1S/C14H18Cl2N2O/c1-2-5-17-6-8-18(9-7-17)14(19)12-4-3-11(15)10-13(12)16/h3-4,10H,2,5-9H2,1H3. The van der Waals surface area contributed by atoms with Crippen molar-refractivity contribution in [2.24, 2.45) is 0 Å². The zero-order valence-electron chi connectivity index (χ0n) is 11.0. The number of halogens is 2. The van der Waals surface area contributed by atoms with E-state index in [1.54, 1.807) is 18.2 Å². The van der Waals surface area contributed by atoms with Crippen molar-refractivity contribution >= 4 is 29.1 Å².